The van der Waals surface area contributed by atoms with Crippen molar-refractivity contribution in [3.63, 3.8) is 0 Å². The van der Waals surface area contributed by atoms with Gasteiger partial charge in [0.25, 0.3) is 35.4 Å². The molecule has 0 fully saturated rings. The van der Waals surface area contributed by atoms with E-state index in [1.54, 1.807) is 64.8 Å². The zero-order valence-corrected chi connectivity index (χ0v) is 66.0. The number of carbonyl (C=O) groups is 6. The number of rotatable bonds is 44. The number of hydrogen-bond donors (Lipinski definition) is 12. The van der Waals surface area contributed by atoms with Crippen LogP contribution in [0.15, 0.2) is 72.8 Å². The van der Waals surface area contributed by atoms with E-state index in [4.69, 9.17) is 14.2 Å². The Bertz CT molecular complexity index is 2920. The summed E-state index contributed by atoms with van der Waals surface area (Å²) in [5.41, 5.74) is 5.16. The van der Waals surface area contributed by atoms with Crippen LogP contribution in [-0.4, -0.2) is 169 Å². The van der Waals surface area contributed by atoms with E-state index in [9.17, 15) is 28.8 Å². The second kappa shape index (κ2) is 58.4. The van der Waals surface area contributed by atoms with E-state index in [0.29, 0.717) is 99.2 Å². The third-order valence-electron chi connectivity index (χ3n) is 12.3. The molecule has 0 saturated heterocycles. The molecule has 21 nitrogen and oxygen atoms in total. The molecule has 0 aromatic heterocycles. The first-order valence-corrected chi connectivity index (χ1v) is 41.1. The molecule has 3 aromatic carbocycles. The third kappa shape index (κ3) is 50.0. The lowest BCUT2D eigenvalue weighted by Gasteiger charge is -2.19. The highest BCUT2D eigenvalue weighted by molar-refractivity contribution is 8.77. The van der Waals surface area contributed by atoms with Gasteiger partial charge in [0.1, 0.15) is 19.8 Å². The normalized spacial score (nSPS) is 11.8. The summed E-state index contributed by atoms with van der Waals surface area (Å²) in [4.78, 5) is 72.0. The fourth-order valence-corrected chi connectivity index (χ4v) is 13.7. The number of amides is 6. The van der Waals surface area contributed by atoms with Crippen molar-refractivity contribution in [1.29, 1.82) is 0 Å². The van der Waals surface area contributed by atoms with Crippen molar-refractivity contribution in [2.45, 2.75) is 143 Å². The molecule has 0 bridgehead atoms. The molecular weight excluding hydrogens is 1370 g/mol. The highest BCUT2D eigenvalue weighted by Gasteiger charge is 2.18. The standard InChI is InChI=1S/C25H40N4O3S2.C24H38N4O3S2.C23H36N4O3S2/c1-18(2)11-12-27-23(30)17-32-16-15-29-25(34-33-20(5)6)22-9-7-21(8-10-22)24(31)28-14-13-26-19(3)4;1-6-32-33-24(28-15-16-31-17-22(29)26-12-11-18(2)3)21-9-7-20(8-10-21)23(30)27-14-13-25-19(4)5;1-17(2)10-11-25-21(28)16-30-15-14-27-23(32-31-5)20-8-6-19(7-9-20)22(29)26-13-12-24-18(3)4/h7-10,18-20,25-26,29H,13-17H2,1-6H3,(H,27,30)(H,28,31);7-10,18-19,24-25,28H,6,13-17H2,1-5H3,(H,26,29)(H,27,30);6-9,17-18,23-24,27H,12-16H2,1-5H3,(H,25,28)(H,26,29). The number of ether oxygens (including phenoxy) is 3. The van der Waals surface area contributed by atoms with Crippen LogP contribution < -0.4 is 63.8 Å². The van der Waals surface area contributed by atoms with Gasteiger partial charge in [-0.1, -0.05) is 223 Å². The molecule has 0 spiro atoms. The second-order valence-electron chi connectivity index (χ2n) is 24.0. The molecule has 3 unspecified atom stereocenters. The van der Waals surface area contributed by atoms with Crippen LogP contribution >= 0.6 is 64.8 Å². The minimum Gasteiger partial charge on any atom is -0.370 e. The van der Waals surface area contributed by atoms with E-state index in [-0.39, 0.29) is 89.1 Å². The Kier molecular flexibility index (Phi) is 54.2. The van der Waals surface area contributed by atoms with Gasteiger partial charge in [0, 0.05) is 141 Å². The molecule has 27 heteroatoms. The fourth-order valence-electron chi connectivity index (χ4n) is 7.51. The monoisotopic (exact) mass is 1480 g/mol. The van der Waals surface area contributed by atoms with E-state index >= 15 is 0 Å². The molecule has 6 amide bonds. The van der Waals surface area contributed by atoms with Crippen molar-refractivity contribution in [2.75, 3.05) is 111 Å². The van der Waals surface area contributed by atoms with Gasteiger partial charge in [0.2, 0.25) is 0 Å². The predicted molar refractivity (Wildman–Crippen MR) is 420 cm³/mol. The summed E-state index contributed by atoms with van der Waals surface area (Å²) in [6.45, 7) is 37.5. The molecule has 3 atom stereocenters. The Labute approximate surface area is 616 Å². The Morgan fingerprint density at radius 1 is 0.374 bits per heavy atom. The largest absolute Gasteiger partial charge is 0.370 e. The van der Waals surface area contributed by atoms with Gasteiger partial charge in [-0.3, -0.25) is 60.7 Å². The lowest BCUT2D eigenvalue weighted by atomic mass is 10.1. The highest BCUT2D eigenvalue weighted by Crippen LogP contribution is 2.39. The fraction of sp³-hybridized carbons (Fsp3) is 0.583. The first-order valence-electron chi connectivity index (χ1n) is 33.8. The smallest absolute Gasteiger partial charge is 0.257 e. The Morgan fingerprint density at radius 2 is 0.667 bits per heavy atom. The van der Waals surface area contributed by atoms with Crippen LogP contribution in [0.5, 0.6) is 0 Å². The molecule has 0 heterocycles. The van der Waals surface area contributed by atoms with E-state index < -0.39 is 0 Å². The number of benzene rings is 3. The summed E-state index contributed by atoms with van der Waals surface area (Å²) >= 11 is 0. The highest BCUT2D eigenvalue weighted by atomic mass is 33.1. The summed E-state index contributed by atoms with van der Waals surface area (Å²) in [5.74, 6) is 9.28. The van der Waals surface area contributed by atoms with Crippen molar-refractivity contribution in [1.82, 2.24) is 63.8 Å². The summed E-state index contributed by atoms with van der Waals surface area (Å²) in [6, 6.07) is 32.0. The number of hydrogen-bond acceptors (Lipinski definition) is 21. The van der Waals surface area contributed by atoms with Crippen LogP contribution in [0.1, 0.15) is 168 Å². The van der Waals surface area contributed by atoms with Gasteiger partial charge in [0.15, 0.2) is 0 Å². The molecule has 99 heavy (non-hydrogen) atoms. The van der Waals surface area contributed by atoms with Gasteiger partial charge < -0.3 is 46.1 Å². The SMILES string of the molecule is CC(C)C#CNC(=O)COCCNC(SSC(C)C)c1ccc(C(=O)NCCNC(C)C)cc1.CCSSC(NCCOCC(=O)NC#CC(C)C)c1ccc(C(=O)NCCNC(C)C)cc1.CSSC(NCCOCC(=O)NC#CC(C)C)c1ccc(C(=O)NCCNC(C)C)cc1. The molecule has 0 aliphatic heterocycles. The zero-order chi connectivity index (χ0) is 73.6. The molecule has 3 aromatic rings. The average Bonchev–Trinajstić information content (AvgIpc) is 0.916. The molecule has 3 rings (SSSR count). The Morgan fingerprint density at radius 3 is 0.929 bits per heavy atom. The van der Waals surface area contributed by atoms with E-state index in [2.05, 4.69) is 162 Å². The van der Waals surface area contributed by atoms with Gasteiger partial charge in [-0.25, -0.2) is 0 Å². The van der Waals surface area contributed by atoms with Crippen LogP contribution in [0, 0.1) is 53.6 Å². The molecule has 0 aliphatic carbocycles. The van der Waals surface area contributed by atoms with Crippen LogP contribution in [-0.2, 0) is 28.6 Å². The first-order chi connectivity index (χ1) is 47.3. The van der Waals surface area contributed by atoms with Crippen molar-refractivity contribution < 1.29 is 43.0 Å². The van der Waals surface area contributed by atoms with Crippen LogP contribution in [0.4, 0.5) is 0 Å². The van der Waals surface area contributed by atoms with Gasteiger partial charge in [-0.15, -0.1) is 0 Å². The van der Waals surface area contributed by atoms with Crippen molar-refractivity contribution in [3.8, 4) is 35.9 Å². The molecule has 552 valence electrons. The zero-order valence-electron chi connectivity index (χ0n) is 61.1. The maximum atomic E-state index is 12.4. The lowest BCUT2D eigenvalue weighted by molar-refractivity contribution is -0.125. The van der Waals surface area contributed by atoms with E-state index in [0.717, 1.165) is 42.1 Å². The van der Waals surface area contributed by atoms with Crippen molar-refractivity contribution in [2.24, 2.45) is 17.8 Å². The molecule has 0 aliphatic rings. The Hall–Kier alpha value is -5.10. The van der Waals surface area contributed by atoms with E-state index in [1.165, 1.54) is 0 Å². The first kappa shape index (κ1) is 91.9. The van der Waals surface area contributed by atoms with Crippen LogP contribution in [0.3, 0.4) is 0 Å². The van der Waals surface area contributed by atoms with Gasteiger partial charge in [0.05, 0.1) is 35.9 Å². The Balaban J connectivity index is 0.000000743. The number of carbonyl (C=O) groups excluding carboxylic acids is 6. The van der Waals surface area contributed by atoms with Crippen LogP contribution in [0.2, 0.25) is 0 Å². The molecular formula is C72H114N12O9S6. The predicted octanol–water partition coefficient (Wildman–Crippen LogP) is 9.46. The maximum Gasteiger partial charge on any atom is 0.257 e. The van der Waals surface area contributed by atoms with Gasteiger partial charge in [-0.05, 0) is 59.3 Å². The minimum atomic E-state index is -0.248. The van der Waals surface area contributed by atoms with Crippen molar-refractivity contribution >= 4 is 100 Å². The molecule has 0 radical (unpaired) electrons. The van der Waals surface area contributed by atoms with E-state index in [1.807, 2.05) is 121 Å². The average molecular weight is 1480 g/mol. The summed E-state index contributed by atoms with van der Waals surface area (Å²) < 4.78 is 16.3. The maximum absolute atomic E-state index is 12.4. The minimum absolute atomic E-state index is 0.0214. The summed E-state index contributed by atoms with van der Waals surface area (Å²) in [5, 5.41) is 37.1. The van der Waals surface area contributed by atoms with Gasteiger partial charge >= 0.3 is 0 Å². The summed E-state index contributed by atoms with van der Waals surface area (Å²) in [6.07, 6.45) is 2.02. The quantitative estimate of drug-likeness (QED) is 0.00826. The second-order valence-corrected chi connectivity index (χ2v) is 32.3. The summed E-state index contributed by atoms with van der Waals surface area (Å²) in [7, 11) is 10.4. The third-order valence-corrected chi connectivity index (χ3v) is 20.1. The molecule has 12 N–H and O–H groups in total. The van der Waals surface area contributed by atoms with Crippen molar-refractivity contribution in [3.05, 3.63) is 106 Å². The van der Waals surface area contributed by atoms with Gasteiger partial charge in [-0.2, -0.15) is 0 Å². The molecule has 0 saturated carbocycles. The van der Waals surface area contributed by atoms with Crippen LogP contribution in [0.25, 0.3) is 0 Å². The number of nitrogens with one attached hydrogen (secondary N) is 12. The lowest BCUT2D eigenvalue weighted by Crippen LogP contribution is -2.34. The topological polar surface area (TPSA) is 274 Å².